The van der Waals surface area contributed by atoms with E-state index in [2.05, 4.69) is 6.58 Å². The summed E-state index contributed by atoms with van der Waals surface area (Å²) >= 11 is 0. The molecular formula is C11H20O3. The summed E-state index contributed by atoms with van der Waals surface area (Å²) in [4.78, 5) is 0. The Morgan fingerprint density at radius 1 is 1.64 bits per heavy atom. The van der Waals surface area contributed by atoms with Gasteiger partial charge in [-0.05, 0) is 19.3 Å². The zero-order chi connectivity index (χ0) is 10.4. The maximum absolute atomic E-state index is 9.60. The first-order valence-corrected chi connectivity index (χ1v) is 5.28. The van der Waals surface area contributed by atoms with E-state index in [1.54, 1.807) is 6.08 Å². The third-order valence-electron chi connectivity index (χ3n) is 2.57. The Morgan fingerprint density at radius 2 is 2.43 bits per heavy atom. The van der Waals surface area contributed by atoms with Crippen molar-refractivity contribution in [2.24, 2.45) is 5.92 Å². The van der Waals surface area contributed by atoms with Gasteiger partial charge in [-0.15, -0.1) is 6.58 Å². The summed E-state index contributed by atoms with van der Waals surface area (Å²) < 4.78 is 10.8. The van der Waals surface area contributed by atoms with Gasteiger partial charge in [-0.3, -0.25) is 0 Å². The van der Waals surface area contributed by atoms with Crippen molar-refractivity contribution in [3.05, 3.63) is 12.7 Å². The van der Waals surface area contributed by atoms with Crippen molar-refractivity contribution in [2.75, 3.05) is 13.2 Å². The van der Waals surface area contributed by atoms with Crippen LogP contribution in [0.4, 0.5) is 0 Å². The highest BCUT2D eigenvalue weighted by molar-refractivity contribution is 4.80. The molecule has 1 N–H and O–H groups in total. The molecule has 82 valence electrons. The zero-order valence-corrected chi connectivity index (χ0v) is 8.82. The van der Waals surface area contributed by atoms with E-state index in [0.29, 0.717) is 6.61 Å². The first kappa shape index (κ1) is 11.7. The number of aliphatic hydroxyl groups excluding tert-OH is 1. The molecule has 0 aliphatic carbocycles. The quantitative estimate of drug-likeness (QED) is 0.687. The van der Waals surface area contributed by atoms with Crippen LogP contribution in [0.5, 0.6) is 0 Å². The Bertz CT molecular complexity index is 164. The van der Waals surface area contributed by atoms with Gasteiger partial charge < -0.3 is 14.6 Å². The molecule has 1 rings (SSSR count). The molecule has 1 heterocycles. The monoisotopic (exact) mass is 200 g/mol. The van der Waals surface area contributed by atoms with Crippen molar-refractivity contribution in [1.29, 1.82) is 0 Å². The largest absolute Gasteiger partial charge is 0.390 e. The van der Waals surface area contributed by atoms with Gasteiger partial charge in [0.1, 0.15) is 0 Å². The molecule has 3 atom stereocenters. The lowest BCUT2D eigenvalue weighted by atomic mass is 10.1. The molecular weight excluding hydrogens is 180 g/mol. The summed E-state index contributed by atoms with van der Waals surface area (Å²) in [5, 5.41) is 9.60. The standard InChI is InChI=1S/C11H20O3/c1-3-9(2)10(12)8-14-11-6-4-5-7-13-11/h3,9-12H,1,4-8H2,2H3. The van der Waals surface area contributed by atoms with E-state index < -0.39 is 6.10 Å². The van der Waals surface area contributed by atoms with E-state index in [-0.39, 0.29) is 12.2 Å². The predicted molar refractivity (Wildman–Crippen MR) is 54.9 cm³/mol. The van der Waals surface area contributed by atoms with Gasteiger partial charge in [-0.25, -0.2) is 0 Å². The third-order valence-corrected chi connectivity index (χ3v) is 2.57. The number of ether oxygens (including phenoxy) is 2. The highest BCUT2D eigenvalue weighted by Crippen LogP contribution is 2.15. The van der Waals surface area contributed by atoms with Crippen molar-refractivity contribution < 1.29 is 14.6 Å². The lowest BCUT2D eigenvalue weighted by Crippen LogP contribution is -2.29. The minimum absolute atomic E-state index is 0.0681. The molecule has 0 aromatic rings. The van der Waals surface area contributed by atoms with Crippen LogP contribution in [0.1, 0.15) is 26.2 Å². The Kier molecular flexibility index (Phi) is 5.15. The van der Waals surface area contributed by atoms with Gasteiger partial charge in [0.25, 0.3) is 0 Å². The van der Waals surface area contributed by atoms with Crippen molar-refractivity contribution in [1.82, 2.24) is 0 Å². The van der Waals surface area contributed by atoms with Crippen LogP contribution in [0.2, 0.25) is 0 Å². The van der Waals surface area contributed by atoms with Crippen LogP contribution in [0, 0.1) is 5.92 Å². The van der Waals surface area contributed by atoms with Gasteiger partial charge in [0.15, 0.2) is 6.29 Å². The zero-order valence-electron chi connectivity index (χ0n) is 8.82. The van der Waals surface area contributed by atoms with Crippen LogP contribution >= 0.6 is 0 Å². The van der Waals surface area contributed by atoms with Crippen molar-refractivity contribution in [2.45, 2.75) is 38.6 Å². The summed E-state index contributed by atoms with van der Waals surface area (Å²) in [6.45, 7) is 6.66. The molecule has 0 saturated carbocycles. The molecule has 0 radical (unpaired) electrons. The molecule has 1 aliphatic heterocycles. The number of hydrogen-bond donors (Lipinski definition) is 1. The number of hydrogen-bond acceptors (Lipinski definition) is 3. The van der Waals surface area contributed by atoms with Gasteiger partial charge in [0.05, 0.1) is 12.7 Å². The second-order valence-corrected chi connectivity index (χ2v) is 3.79. The first-order chi connectivity index (χ1) is 6.74. The normalized spacial score (nSPS) is 26.9. The van der Waals surface area contributed by atoms with Crippen LogP contribution < -0.4 is 0 Å². The maximum Gasteiger partial charge on any atom is 0.157 e. The average Bonchev–Trinajstić information content (AvgIpc) is 2.26. The fourth-order valence-electron chi connectivity index (χ4n) is 1.36. The van der Waals surface area contributed by atoms with Crippen molar-refractivity contribution >= 4 is 0 Å². The average molecular weight is 200 g/mol. The van der Waals surface area contributed by atoms with E-state index in [1.807, 2.05) is 6.92 Å². The molecule has 0 aromatic heterocycles. The van der Waals surface area contributed by atoms with Crippen molar-refractivity contribution in [3.8, 4) is 0 Å². The molecule has 1 saturated heterocycles. The molecule has 1 fully saturated rings. The SMILES string of the molecule is C=CC(C)C(O)COC1CCCCO1. The Morgan fingerprint density at radius 3 is 3.00 bits per heavy atom. The summed E-state index contributed by atoms with van der Waals surface area (Å²) in [7, 11) is 0. The third kappa shape index (κ3) is 3.78. The lowest BCUT2D eigenvalue weighted by molar-refractivity contribution is -0.177. The Balaban J connectivity index is 2.15. The van der Waals surface area contributed by atoms with E-state index in [0.717, 1.165) is 25.9 Å². The number of rotatable bonds is 5. The molecule has 3 unspecified atom stereocenters. The second kappa shape index (κ2) is 6.17. The summed E-state index contributed by atoms with van der Waals surface area (Å²) in [6, 6.07) is 0. The molecule has 0 spiro atoms. The summed E-state index contributed by atoms with van der Waals surface area (Å²) in [5.41, 5.74) is 0. The van der Waals surface area contributed by atoms with E-state index >= 15 is 0 Å². The highest BCUT2D eigenvalue weighted by atomic mass is 16.7. The Hall–Kier alpha value is -0.380. The molecule has 0 bridgehead atoms. The van der Waals surface area contributed by atoms with Gasteiger partial charge in [-0.1, -0.05) is 13.0 Å². The fourth-order valence-corrected chi connectivity index (χ4v) is 1.36. The van der Waals surface area contributed by atoms with Crippen LogP contribution in [-0.2, 0) is 9.47 Å². The highest BCUT2D eigenvalue weighted by Gasteiger charge is 2.17. The van der Waals surface area contributed by atoms with Crippen LogP contribution in [0.25, 0.3) is 0 Å². The fraction of sp³-hybridized carbons (Fsp3) is 0.818. The van der Waals surface area contributed by atoms with Gasteiger partial charge in [-0.2, -0.15) is 0 Å². The van der Waals surface area contributed by atoms with E-state index in [1.165, 1.54) is 0 Å². The molecule has 3 nitrogen and oxygen atoms in total. The minimum Gasteiger partial charge on any atom is -0.390 e. The van der Waals surface area contributed by atoms with Gasteiger partial charge in [0.2, 0.25) is 0 Å². The summed E-state index contributed by atoms with van der Waals surface area (Å²) in [5.74, 6) is 0.0681. The predicted octanol–water partition coefficient (Wildman–Crippen LogP) is 1.71. The summed E-state index contributed by atoms with van der Waals surface area (Å²) in [6.07, 6.45) is 4.35. The van der Waals surface area contributed by atoms with Crippen LogP contribution in [-0.4, -0.2) is 30.7 Å². The first-order valence-electron chi connectivity index (χ1n) is 5.28. The topological polar surface area (TPSA) is 38.7 Å². The second-order valence-electron chi connectivity index (χ2n) is 3.79. The number of aliphatic hydroxyl groups is 1. The molecule has 1 aliphatic rings. The lowest BCUT2D eigenvalue weighted by Gasteiger charge is -2.24. The molecule has 14 heavy (non-hydrogen) atoms. The minimum atomic E-state index is -0.474. The van der Waals surface area contributed by atoms with Crippen LogP contribution in [0.15, 0.2) is 12.7 Å². The maximum atomic E-state index is 9.60. The van der Waals surface area contributed by atoms with Crippen LogP contribution in [0.3, 0.4) is 0 Å². The molecule has 0 amide bonds. The Labute approximate surface area is 85.7 Å². The van der Waals surface area contributed by atoms with Gasteiger partial charge >= 0.3 is 0 Å². The smallest absolute Gasteiger partial charge is 0.157 e. The van der Waals surface area contributed by atoms with E-state index in [9.17, 15) is 5.11 Å². The molecule has 0 aromatic carbocycles. The van der Waals surface area contributed by atoms with Crippen molar-refractivity contribution in [3.63, 3.8) is 0 Å². The molecule has 3 heteroatoms. The van der Waals surface area contributed by atoms with E-state index in [4.69, 9.17) is 9.47 Å². The van der Waals surface area contributed by atoms with Gasteiger partial charge in [0, 0.05) is 12.5 Å².